The topological polar surface area (TPSA) is 96.2 Å². The average molecular weight is 457 g/mol. The third-order valence-electron chi connectivity index (χ3n) is 5.51. The first-order chi connectivity index (χ1) is 15.9. The molecule has 1 aliphatic rings. The van der Waals surface area contributed by atoms with Crippen LogP contribution >= 0.6 is 12.2 Å². The number of nitrogens with one attached hydrogen (secondary N) is 3. The van der Waals surface area contributed by atoms with Crippen LogP contribution < -0.4 is 21.7 Å². The van der Waals surface area contributed by atoms with E-state index in [9.17, 15) is 9.59 Å². The van der Waals surface area contributed by atoms with Gasteiger partial charge in [-0.05, 0) is 36.8 Å². The number of carbonyl (C=O) groups is 2. The van der Waals surface area contributed by atoms with E-state index in [2.05, 4.69) is 16.0 Å². The van der Waals surface area contributed by atoms with Crippen molar-refractivity contribution in [3.8, 4) is 0 Å². The number of amides is 2. The van der Waals surface area contributed by atoms with Crippen molar-refractivity contribution in [2.75, 3.05) is 10.6 Å². The Morgan fingerprint density at radius 1 is 0.848 bits per heavy atom. The first kappa shape index (κ1) is 22.2. The summed E-state index contributed by atoms with van der Waals surface area (Å²) < 4.78 is 0. The summed E-state index contributed by atoms with van der Waals surface area (Å²) in [5.74, 6) is -2.06. The summed E-state index contributed by atoms with van der Waals surface area (Å²) in [6, 6.07) is 25.9. The van der Waals surface area contributed by atoms with Gasteiger partial charge in [0.15, 0.2) is 0 Å². The zero-order valence-electron chi connectivity index (χ0n) is 18.0. The van der Waals surface area contributed by atoms with Crippen LogP contribution in [0.4, 0.5) is 11.4 Å². The molecule has 0 saturated carbocycles. The molecule has 1 heterocycles. The Balaban J connectivity index is 1.75. The van der Waals surface area contributed by atoms with Gasteiger partial charge in [-0.25, -0.2) is 0 Å². The number of para-hydroxylation sites is 2. The molecule has 0 spiro atoms. The van der Waals surface area contributed by atoms with Crippen molar-refractivity contribution in [3.05, 3.63) is 107 Å². The number of benzene rings is 3. The van der Waals surface area contributed by atoms with Gasteiger partial charge in [-0.3, -0.25) is 9.59 Å². The molecule has 4 rings (SSSR count). The lowest BCUT2D eigenvalue weighted by Gasteiger charge is -2.34. The van der Waals surface area contributed by atoms with Gasteiger partial charge < -0.3 is 21.7 Å². The number of nitrogens with two attached hydrogens (primary N) is 1. The maximum absolute atomic E-state index is 13.4. The molecule has 0 bridgehead atoms. The molecule has 33 heavy (non-hydrogen) atoms. The summed E-state index contributed by atoms with van der Waals surface area (Å²) in [6.45, 7) is 1.98. The van der Waals surface area contributed by atoms with Crippen molar-refractivity contribution >= 4 is 40.4 Å². The predicted octanol–water partition coefficient (Wildman–Crippen LogP) is 4.07. The smallest absolute Gasteiger partial charge is 0.255 e. The molecule has 2 amide bonds. The first-order valence-corrected chi connectivity index (χ1v) is 10.9. The second kappa shape index (κ2) is 9.67. The van der Waals surface area contributed by atoms with Gasteiger partial charge in [-0.1, -0.05) is 78.4 Å². The monoisotopic (exact) mass is 456 g/mol. The van der Waals surface area contributed by atoms with Crippen LogP contribution in [0.5, 0.6) is 0 Å². The Labute approximate surface area is 197 Å². The fraction of sp³-hybridized carbons (Fsp3) is 0.115. The Morgan fingerprint density at radius 3 is 1.97 bits per heavy atom. The van der Waals surface area contributed by atoms with E-state index < -0.39 is 17.7 Å². The highest BCUT2D eigenvalue weighted by Gasteiger charge is 2.43. The molecule has 7 heteroatoms. The van der Waals surface area contributed by atoms with Gasteiger partial charge >= 0.3 is 0 Å². The molecular formula is C26H24N4O2S. The fourth-order valence-corrected chi connectivity index (χ4v) is 4.24. The summed E-state index contributed by atoms with van der Waals surface area (Å²) in [5, 5.41) is 8.69. The molecule has 0 aliphatic carbocycles. The van der Waals surface area contributed by atoms with Crippen LogP contribution in [0.15, 0.2) is 96.3 Å². The van der Waals surface area contributed by atoms with Crippen molar-refractivity contribution in [3.63, 3.8) is 0 Å². The van der Waals surface area contributed by atoms with Crippen LogP contribution in [0.1, 0.15) is 17.0 Å². The lowest BCUT2D eigenvalue weighted by atomic mass is 9.77. The minimum absolute atomic E-state index is 0.141. The lowest BCUT2D eigenvalue weighted by Crippen LogP contribution is -2.49. The van der Waals surface area contributed by atoms with Crippen molar-refractivity contribution in [1.29, 1.82) is 0 Å². The fourth-order valence-electron chi connectivity index (χ4n) is 3.89. The van der Waals surface area contributed by atoms with Gasteiger partial charge in [0.25, 0.3) is 5.91 Å². The maximum atomic E-state index is 13.4. The molecule has 0 fully saturated rings. The normalized spacial score (nSPS) is 17.8. The zero-order valence-corrected chi connectivity index (χ0v) is 18.9. The second-order valence-corrected chi connectivity index (χ2v) is 8.30. The molecule has 0 aromatic heterocycles. The van der Waals surface area contributed by atoms with Crippen LogP contribution in [0, 0.1) is 12.8 Å². The molecule has 166 valence electrons. The van der Waals surface area contributed by atoms with E-state index in [-0.39, 0.29) is 22.3 Å². The summed E-state index contributed by atoms with van der Waals surface area (Å²) in [7, 11) is 0. The third kappa shape index (κ3) is 4.94. The van der Waals surface area contributed by atoms with E-state index in [0.717, 1.165) is 11.1 Å². The van der Waals surface area contributed by atoms with Crippen LogP contribution in [-0.2, 0) is 9.59 Å². The first-order valence-electron chi connectivity index (χ1n) is 10.5. The minimum atomic E-state index is -0.827. The zero-order chi connectivity index (χ0) is 23.4. The van der Waals surface area contributed by atoms with Crippen molar-refractivity contribution in [1.82, 2.24) is 5.32 Å². The van der Waals surface area contributed by atoms with Crippen LogP contribution in [0.3, 0.4) is 0 Å². The van der Waals surface area contributed by atoms with Gasteiger partial charge in [0, 0.05) is 17.3 Å². The number of hydrogen-bond acceptors (Lipinski definition) is 4. The van der Waals surface area contributed by atoms with E-state index in [0.29, 0.717) is 11.4 Å². The summed E-state index contributed by atoms with van der Waals surface area (Å²) in [4.78, 5) is 27.1. The Kier molecular flexibility index (Phi) is 6.51. The van der Waals surface area contributed by atoms with E-state index in [1.165, 1.54) is 0 Å². The maximum Gasteiger partial charge on any atom is 0.255 e. The second-order valence-electron chi connectivity index (χ2n) is 7.86. The third-order valence-corrected chi connectivity index (χ3v) is 5.87. The highest BCUT2D eigenvalue weighted by Crippen LogP contribution is 2.38. The van der Waals surface area contributed by atoms with Gasteiger partial charge in [-0.2, -0.15) is 0 Å². The molecule has 5 N–H and O–H groups in total. The number of rotatable bonds is 5. The molecule has 6 nitrogen and oxygen atoms in total. The van der Waals surface area contributed by atoms with E-state index in [1.54, 1.807) is 24.3 Å². The SMILES string of the molecule is Cc1ccc(C2C(C(=O)Nc3ccccc3)=C(N)NC(=S)C2C(=O)Nc2ccccc2)cc1. The number of anilines is 2. The molecule has 2 unspecified atom stereocenters. The van der Waals surface area contributed by atoms with Gasteiger partial charge in [0.2, 0.25) is 5.91 Å². The minimum Gasteiger partial charge on any atom is -0.385 e. The number of thiocarbonyl (C=S) groups is 1. The number of carbonyl (C=O) groups excluding carboxylic acids is 2. The predicted molar refractivity (Wildman–Crippen MR) is 135 cm³/mol. The molecule has 0 saturated heterocycles. The number of aryl methyl sites for hydroxylation is 1. The molecule has 3 aromatic rings. The standard InChI is InChI=1S/C26H24N4O2S/c1-16-12-14-17(15-13-16)20-21(24(31)28-18-8-4-2-5-9-18)23(27)30-26(33)22(20)25(32)29-19-10-6-3-7-11-19/h2-15,20,22H,27H2,1H3,(H,28,31)(H,29,32)(H,30,33). The molecule has 2 atom stereocenters. The molecule has 3 aromatic carbocycles. The van der Waals surface area contributed by atoms with Crippen molar-refractivity contribution in [2.45, 2.75) is 12.8 Å². The Bertz CT molecular complexity index is 1210. The van der Waals surface area contributed by atoms with Gasteiger partial charge in [-0.15, -0.1) is 0 Å². The van der Waals surface area contributed by atoms with Crippen LogP contribution in [0.25, 0.3) is 0 Å². The Morgan fingerprint density at radius 2 is 1.39 bits per heavy atom. The lowest BCUT2D eigenvalue weighted by molar-refractivity contribution is -0.118. The number of hydrogen-bond donors (Lipinski definition) is 4. The quantitative estimate of drug-likeness (QED) is 0.434. The summed E-state index contributed by atoms with van der Waals surface area (Å²) in [5.41, 5.74) is 9.67. The molecule has 0 radical (unpaired) electrons. The van der Waals surface area contributed by atoms with Crippen molar-refractivity contribution in [2.24, 2.45) is 11.7 Å². The van der Waals surface area contributed by atoms with Crippen LogP contribution in [-0.4, -0.2) is 16.8 Å². The summed E-state index contributed by atoms with van der Waals surface area (Å²) >= 11 is 5.55. The molecule has 1 aliphatic heterocycles. The van der Waals surface area contributed by atoms with E-state index in [1.807, 2.05) is 67.6 Å². The van der Waals surface area contributed by atoms with Gasteiger partial charge in [0.05, 0.1) is 10.6 Å². The largest absolute Gasteiger partial charge is 0.385 e. The van der Waals surface area contributed by atoms with Crippen molar-refractivity contribution < 1.29 is 9.59 Å². The van der Waals surface area contributed by atoms with Gasteiger partial charge in [0.1, 0.15) is 11.7 Å². The highest BCUT2D eigenvalue weighted by atomic mass is 32.1. The van der Waals surface area contributed by atoms with Crippen LogP contribution in [0.2, 0.25) is 0 Å². The Hall–Kier alpha value is -3.97. The van der Waals surface area contributed by atoms with E-state index >= 15 is 0 Å². The van der Waals surface area contributed by atoms with E-state index in [4.69, 9.17) is 18.0 Å². The average Bonchev–Trinajstić information content (AvgIpc) is 2.80. The highest BCUT2D eigenvalue weighted by molar-refractivity contribution is 7.80. The molecular weight excluding hydrogens is 432 g/mol. The summed E-state index contributed by atoms with van der Waals surface area (Å²) in [6.07, 6.45) is 0.